The van der Waals surface area contributed by atoms with E-state index in [1.165, 1.54) is 29.6 Å². The van der Waals surface area contributed by atoms with Gasteiger partial charge in [0, 0.05) is 26.2 Å². The molecule has 2 heterocycles. The summed E-state index contributed by atoms with van der Waals surface area (Å²) in [4.78, 5) is 2.19. The van der Waals surface area contributed by atoms with E-state index < -0.39 is 16.1 Å². The third-order valence-corrected chi connectivity index (χ3v) is 6.62. The first kappa shape index (κ1) is 17.9. The first-order valence-electron chi connectivity index (χ1n) is 7.77. The number of hydrogen-bond donors (Lipinski definition) is 1. The summed E-state index contributed by atoms with van der Waals surface area (Å²) >= 11 is 6.04. The van der Waals surface area contributed by atoms with Crippen LogP contribution >= 0.6 is 11.6 Å². The van der Waals surface area contributed by atoms with Crippen LogP contribution in [0, 0.1) is 0 Å². The molecule has 1 N–H and O–H groups in total. The van der Waals surface area contributed by atoms with Crippen LogP contribution in [0.15, 0.2) is 23.1 Å². The van der Waals surface area contributed by atoms with Crippen LogP contribution in [0.4, 0.5) is 0 Å². The largest absolute Gasteiger partial charge is 0.495 e. The van der Waals surface area contributed by atoms with Crippen molar-refractivity contribution in [2.75, 3.05) is 46.5 Å². The summed E-state index contributed by atoms with van der Waals surface area (Å²) in [7, 11) is -2.24. The van der Waals surface area contributed by atoms with Gasteiger partial charge in [-0.1, -0.05) is 11.6 Å². The molecule has 134 valence electrons. The van der Waals surface area contributed by atoms with Crippen LogP contribution in [0.1, 0.15) is 0 Å². The monoisotopic (exact) mass is 376 g/mol. The van der Waals surface area contributed by atoms with Crippen molar-refractivity contribution in [3.05, 3.63) is 23.2 Å². The lowest BCUT2D eigenvalue weighted by atomic mass is 10.2. The fourth-order valence-corrected chi connectivity index (χ4v) is 4.98. The van der Waals surface area contributed by atoms with Gasteiger partial charge < -0.3 is 14.6 Å². The summed E-state index contributed by atoms with van der Waals surface area (Å²) < 4.78 is 37.3. The number of aliphatic hydroxyl groups excluding tert-OH is 1. The zero-order chi connectivity index (χ0) is 17.3. The second-order valence-electron chi connectivity index (χ2n) is 5.90. The summed E-state index contributed by atoms with van der Waals surface area (Å²) in [5.74, 6) is 0.420. The van der Waals surface area contributed by atoms with E-state index in [0.717, 1.165) is 0 Å². The molecule has 2 aliphatic rings. The Morgan fingerprint density at radius 2 is 2.00 bits per heavy atom. The van der Waals surface area contributed by atoms with Crippen LogP contribution in [0.3, 0.4) is 0 Å². The van der Waals surface area contributed by atoms with Crippen LogP contribution in [-0.4, -0.2) is 81.4 Å². The first-order chi connectivity index (χ1) is 11.4. The molecule has 7 nitrogen and oxygen atoms in total. The molecular formula is C15H21ClN2O5S. The standard InChI is InChI=1S/C15H21ClN2O5S/c1-22-15-3-2-11(8-12(15)16)24(20,21)18-9-13(14(19)10-18)17-4-6-23-7-5-17/h2-3,8,13-14,19H,4-7,9-10H2,1H3/t13-,14-/m0/s1. The number of halogens is 1. The number of methoxy groups -OCH3 is 1. The molecule has 0 spiro atoms. The molecular weight excluding hydrogens is 356 g/mol. The number of aliphatic hydroxyl groups is 1. The number of morpholine rings is 1. The summed E-state index contributed by atoms with van der Waals surface area (Å²) in [6.07, 6.45) is -0.716. The lowest BCUT2D eigenvalue weighted by molar-refractivity contribution is -0.00602. The van der Waals surface area contributed by atoms with Gasteiger partial charge in [-0.25, -0.2) is 8.42 Å². The zero-order valence-electron chi connectivity index (χ0n) is 13.4. The highest BCUT2D eigenvalue weighted by Gasteiger charge is 2.41. The third kappa shape index (κ3) is 3.40. The molecule has 1 aromatic rings. The molecule has 2 atom stereocenters. The van der Waals surface area contributed by atoms with E-state index in [4.69, 9.17) is 21.1 Å². The van der Waals surface area contributed by atoms with Crippen molar-refractivity contribution in [1.29, 1.82) is 0 Å². The number of ether oxygens (including phenoxy) is 2. The Morgan fingerprint density at radius 1 is 1.29 bits per heavy atom. The summed E-state index contributed by atoms with van der Waals surface area (Å²) in [6.45, 7) is 2.93. The minimum absolute atomic E-state index is 0.0774. The molecule has 0 amide bonds. The summed E-state index contributed by atoms with van der Waals surface area (Å²) in [5, 5.41) is 10.6. The number of β-amino-alcohol motifs (C(OH)–C–C–N with tert-alkyl or cyclic N) is 1. The lowest BCUT2D eigenvalue weighted by Gasteiger charge is -2.33. The molecule has 9 heteroatoms. The van der Waals surface area contributed by atoms with Crippen LogP contribution in [-0.2, 0) is 14.8 Å². The molecule has 1 aromatic carbocycles. The van der Waals surface area contributed by atoms with E-state index in [2.05, 4.69) is 4.90 Å². The van der Waals surface area contributed by atoms with Gasteiger partial charge in [0.1, 0.15) is 5.75 Å². The van der Waals surface area contributed by atoms with Crippen molar-refractivity contribution in [2.45, 2.75) is 17.0 Å². The minimum Gasteiger partial charge on any atom is -0.495 e. The number of rotatable bonds is 4. The van der Waals surface area contributed by atoms with Gasteiger partial charge >= 0.3 is 0 Å². The Hall–Kier alpha value is -0.900. The minimum atomic E-state index is -3.72. The average molecular weight is 377 g/mol. The lowest BCUT2D eigenvalue weighted by Crippen LogP contribution is -2.49. The van der Waals surface area contributed by atoms with Gasteiger partial charge in [-0.15, -0.1) is 0 Å². The van der Waals surface area contributed by atoms with Gasteiger partial charge in [0.15, 0.2) is 0 Å². The third-order valence-electron chi connectivity index (χ3n) is 4.50. The number of nitrogens with zero attached hydrogens (tertiary/aromatic N) is 2. The van der Waals surface area contributed by atoms with Gasteiger partial charge in [0.25, 0.3) is 0 Å². The molecule has 24 heavy (non-hydrogen) atoms. The number of benzene rings is 1. The molecule has 2 aliphatic heterocycles. The quantitative estimate of drug-likeness (QED) is 0.820. The maximum Gasteiger partial charge on any atom is 0.243 e. The van der Waals surface area contributed by atoms with E-state index in [1.54, 1.807) is 0 Å². The van der Waals surface area contributed by atoms with Crippen molar-refractivity contribution in [2.24, 2.45) is 0 Å². The number of sulfonamides is 1. The predicted octanol–water partition coefficient (Wildman–Crippen LogP) is 0.415. The fourth-order valence-electron chi connectivity index (χ4n) is 3.16. The van der Waals surface area contributed by atoms with Crippen LogP contribution in [0.25, 0.3) is 0 Å². The maximum absolute atomic E-state index is 12.8. The summed E-state index contributed by atoms with van der Waals surface area (Å²) in [6, 6.07) is 4.16. The molecule has 0 aliphatic carbocycles. The zero-order valence-corrected chi connectivity index (χ0v) is 15.0. The van der Waals surface area contributed by atoms with E-state index in [0.29, 0.717) is 32.1 Å². The first-order valence-corrected chi connectivity index (χ1v) is 9.59. The highest BCUT2D eigenvalue weighted by molar-refractivity contribution is 7.89. The average Bonchev–Trinajstić information content (AvgIpc) is 2.98. The Kier molecular flexibility index (Phi) is 5.33. The van der Waals surface area contributed by atoms with Gasteiger partial charge in [-0.05, 0) is 18.2 Å². The van der Waals surface area contributed by atoms with Crippen molar-refractivity contribution < 1.29 is 23.0 Å². The van der Waals surface area contributed by atoms with Gasteiger partial charge in [-0.3, -0.25) is 4.90 Å². The Balaban J connectivity index is 1.79. The van der Waals surface area contributed by atoms with Crippen molar-refractivity contribution in [3.63, 3.8) is 0 Å². The maximum atomic E-state index is 12.8. The molecule has 2 saturated heterocycles. The SMILES string of the molecule is COc1ccc(S(=O)(=O)N2C[C@H](O)[C@@H](N3CCOCC3)C2)cc1Cl. The smallest absolute Gasteiger partial charge is 0.243 e. The Morgan fingerprint density at radius 3 is 2.62 bits per heavy atom. The Labute approximate surface area is 146 Å². The van der Waals surface area contributed by atoms with E-state index >= 15 is 0 Å². The van der Waals surface area contributed by atoms with E-state index in [-0.39, 0.29) is 29.0 Å². The normalized spacial score (nSPS) is 26.6. The molecule has 0 aromatic heterocycles. The van der Waals surface area contributed by atoms with Crippen molar-refractivity contribution in [3.8, 4) is 5.75 Å². The predicted molar refractivity (Wildman–Crippen MR) is 88.9 cm³/mol. The summed E-state index contributed by atoms with van der Waals surface area (Å²) in [5.41, 5.74) is 0. The van der Waals surface area contributed by atoms with Crippen LogP contribution in [0.5, 0.6) is 5.75 Å². The van der Waals surface area contributed by atoms with Crippen molar-refractivity contribution >= 4 is 21.6 Å². The van der Waals surface area contributed by atoms with Gasteiger partial charge in [0.05, 0.1) is 42.4 Å². The topological polar surface area (TPSA) is 79.3 Å². The highest BCUT2D eigenvalue weighted by atomic mass is 35.5. The fraction of sp³-hybridized carbons (Fsp3) is 0.600. The molecule has 0 radical (unpaired) electrons. The molecule has 0 unspecified atom stereocenters. The van der Waals surface area contributed by atoms with Crippen LogP contribution < -0.4 is 4.74 Å². The van der Waals surface area contributed by atoms with Gasteiger partial charge in [0.2, 0.25) is 10.0 Å². The van der Waals surface area contributed by atoms with Gasteiger partial charge in [-0.2, -0.15) is 4.31 Å². The molecule has 2 fully saturated rings. The molecule has 0 saturated carbocycles. The second-order valence-corrected chi connectivity index (χ2v) is 8.25. The van der Waals surface area contributed by atoms with E-state index in [1.807, 2.05) is 0 Å². The van der Waals surface area contributed by atoms with E-state index in [9.17, 15) is 13.5 Å². The molecule has 3 rings (SSSR count). The molecule has 0 bridgehead atoms. The highest BCUT2D eigenvalue weighted by Crippen LogP contribution is 2.30. The Bertz CT molecular complexity index is 693. The van der Waals surface area contributed by atoms with Crippen molar-refractivity contribution in [1.82, 2.24) is 9.21 Å². The van der Waals surface area contributed by atoms with Crippen LogP contribution in [0.2, 0.25) is 5.02 Å². The number of hydrogen-bond acceptors (Lipinski definition) is 6. The second kappa shape index (κ2) is 7.15.